The van der Waals surface area contributed by atoms with Crippen LogP contribution in [0.3, 0.4) is 0 Å². The highest BCUT2D eigenvalue weighted by molar-refractivity contribution is 6.33. The lowest BCUT2D eigenvalue weighted by Gasteiger charge is -2.11. The summed E-state index contributed by atoms with van der Waals surface area (Å²) in [6, 6.07) is 15.1. The molecule has 6 heteroatoms. The molecule has 2 aromatic carbocycles. The lowest BCUT2D eigenvalue weighted by molar-refractivity contribution is -0.119. The second-order valence-corrected chi connectivity index (χ2v) is 5.52. The Bertz CT molecular complexity index is 683. The fraction of sp³-hybridized carbons (Fsp3) is 0.176. The molecule has 0 spiro atoms. The smallest absolute Gasteiger partial charge is 0.259 e. The third kappa shape index (κ3) is 5.30. The molecule has 0 saturated heterocycles. The Hall–Kier alpha value is -2.53. The van der Waals surface area contributed by atoms with E-state index in [4.69, 9.17) is 11.6 Å². The van der Waals surface area contributed by atoms with Crippen molar-refractivity contribution >= 4 is 35.1 Å². The number of benzene rings is 2. The second-order valence-electron chi connectivity index (χ2n) is 5.11. The standard InChI is InChI=1S/C17H19ClN4O/c1-22(2)14-9-7-13(8-10-14)11-20-21-17(23)12-19-16-6-4-3-5-15(16)18/h3-11,19H,12H2,1-2H3,(H,21,23). The summed E-state index contributed by atoms with van der Waals surface area (Å²) in [5, 5.41) is 7.47. The molecule has 0 aromatic heterocycles. The van der Waals surface area contributed by atoms with Crippen molar-refractivity contribution in [3.63, 3.8) is 0 Å². The SMILES string of the molecule is CN(C)c1ccc(C=NNC(=O)CNc2ccccc2Cl)cc1. The summed E-state index contributed by atoms with van der Waals surface area (Å²) in [5.74, 6) is -0.244. The van der Waals surface area contributed by atoms with Gasteiger partial charge in [0.1, 0.15) is 0 Å². The van der Waals surface area contributed by atoms with Gasteiger partial charge in [-0.1, -0.05) is 35.9 Å². The maximum atomic E-state index is 11.7. The minimum Gasteiger partial charge on any atom is -0.378 e. The zero-order valence-electron chi connectivity index (χ0n) is 13.1. The molecule has 0 bridgehead atoms. The molecule has 2 aromatic rings. The monoisotopic (exact) mass is 330 g/mol. The van der Waals surface area contributed by atoms with Gasteiger partial charge >= 0.3 is 0 Å². The van der Waals surface area contributed by atoms with E-state index in [1.807, 2.05) is 61.5 Å². The third-order valence-electron chi connectivity index (χ3n) is 3.13. The zero-order chi connectivity index (χ0) is 16.7. The van der Waals surface area contributed by atoms with Gasteiger partial charge in [0.2, 0.25) is 0 Å². The number of nitrogens with zero attached hydrogens (tertiary/aromatic N) is 2. The van der Waals surface area contributed by atoms with Gasteiger partial charge < -0.3 is 10.2 Å². The minimum absolute atomic E-state index is 0.0979. The highest BCUT2D eigenvalue weighted by Gasteiger charge is 2.02. The number of hydrazone groups is 1. The molecule has 1 amide bonds. The average molecular weight is 331 g/mol. The number of hydrogen-bond acceptors (Lipinski definition) is 4. The number of nitrogens with one attached hydrogen (secondary N) is 2. The van der Waals surface area contributed by atoms with E-state index in [-0.39, 0.29) is 12.5 Å². The van der Waals surface area contributed by atoms with Crippen molar-refractivity contribution < 1.29 is 4.79 Å². The lowest BCUT2D eigenvalue weighted by Crippen LogP contribution is -2.25. The maximum absolute atomic E-state index is 11.7. The van der Waals surface area contributed by atoms with Crippen molar-refractivity contribution in [3.8, 4) is 0 Å². The van der Waals surface area contributed by atoms with Gasteiger partial charge in [0.15, 0.2) is 0 Å². The first-order chi connectivity index (χ1) is 11.1. The van der Waals surface area contributed by atoms with Crippen LogP contribution in [0.15, 0.2) is 53.6 Å². The third-order valence-corrected chi connectivity index (χ3v) is 3.46. The molecular formula is C17H19ClN4O. The first-order valence-corrected chi connectivity index (χ1v) is 7.52. The van der Waals surface area contributed by atoms with Crippen LogP contribution in [0.2, 0.25) is 5.02 Å². The van der Waals surface area contributed by atoms with Gasteiger partial charge in [-0.15, -0.1) is 0 Å². The number of carbonyl (C=O) groups is 1. The molecule has 0 radical (unpaired) electrons. The Morgan fingerprint density at radius 3 is 2.52 bits per heavy atom. The first-order valence-electron chi connectivity index (χ1n) is 7.14. The van der Waals surface area contributed by atoms with Gasteiger partial charge in [0, 0.05) is 19.8 Å². The molecule has 2 rings (SSSR count). The van der Waals surface area contributed by atoms with Crippen LogP contribution in [0, 0.1) is 0 Å². The molecule has 120 valence electrons. The summed E-state index contributed by atoms with van der Waals surface area (Å²) in [7, 11) is 3.96. The lowest BCUT2D eigenvalue weighted by atomic mass is 10.2. The summed E-state index contributed by atoms with van der Waals surface area (Å²) < 4.78 is 0. The van der Waals surface area contributed by atoms with Crippen molar-refractivity contribution in [2.24, 2.45) is 5.10 Å². The molecule has 2 N–H and O–H groups in total. The molecule has 0 unspecified atom stereocenters. The van der Waals surface area contributed by atoms with E-state index in [9.17, 15) is 4.79 Å². The predicted octanol–water partition coefficient (Wildman–Crippen LogP) is 2.97. The predicted molar refractivity (Wildman–Crippen MR) is 96.4 cm³/mol. The molecule has 0 fully saturated rings. The van der Waals surface area contributed by atoms with Gasteiger partial charge in [-0.05, 0) is 29.8 Å². The van der Waals surface area contributed by atoms with E-state index >= 15 is 0 Å². The minimum atomic E-state index is -0.244. The maximum Gasteiger partial charge on any atom is 0.259 e. The van der Waals surface area contributed by atoms with Gasteiger partial charge in [0.25, 0.3) is 5.91 Å². The summed E-state index contributed by atoms with van der Waals surface area (Å²) in [5.41, 5.74) is 5.21. The molecule has 0 heterocycles. The molecule has 5 nitrogen and oxygen atoms in total. The topological polar surface area (TPSA) is 56.7 Å². The first kappa shape index (κ1) is 16.8. The number of halogens is 1. The van der Waals surface area contributed by atoms with Crippen molar-refractivity contribution in [2.75, 3.05) is 30.9 Å². The zero-order valence-corrected chi connectivity index (χ0v) is 13.8. The van der Waals surface area contributed by atoms with Crippen molar-refractivity contribution in [2.45, 2.75) is 0 Å². The molecule has 0 aliphatic carbocycles. The van der Waals surface area contributed by atoms with E-state index in [0.717, 1.165) is 11.3 Å². The van der Waals surface area contributed by atoms with E-state index in [1.165, 1.54) is 0 Å². The van der Waals surface area contributed by atoms with Crippen LogP contribution >= 0.6 is 11.6 Å². The van der Waals surface area contributed by atoms with Crippen LogP contribution in [0.1, 0.15) is 5.56 Å². The van der Waals surface area contributed by atoms with Gasteiger partial charge in [-0.3, -0.25) is 4.79 Å². The van der Waals surface area contributed by atoms with Crippen LogP contribution in [0.4, 0.5) is 11.4 Å². The Morgan fingerprint density at radius 1 is 1.17 bits per heavy atom. The summed E-state index contributed by atoms with van der Waals surface area (Å²) in [6.45, 7) is 0.0979. The Balaban J connectivity index is 1.80. The fourth-order valence-corrected chi connectivity index (χ4v) is 2.06. The van der Waals surface area contributed by atoms with E-state index in [1.54, 1.807) is 12.3 Å². The normalized spacial score (nSPS) is 10.6. The summed E-state index contributed by atoms with van der Waals surface area (Å²) in [4.78, 5) is 13.7. The number of para-hydroxylation sites is 1. The van der Waals surface area contributed by atoms with Crippen LogP contribution in [0.25, 0.3) is 0 Å². The van der Waals surface area contributed by atoms with Crippen LogP contribution in [-0.2, 0) is 4.79 Å². The van der Waals surface area contributed by atoms with Gasteiger partial charge in [-0.25, -0.2) is 5.43 Å². The quantitative estimate of drug-likeness (QED) is 0.632. The Kier molecular flexibility index (Phi) is 6.00. The number of rotatable bonds is 6. The molecule has 0 saturated carbocycles. The molecule has 0 atom stereocenters. The van der Waals surface area contributed by atoms with Crippen molar-refractivity contribution in [1.82, 2.24) is 5.43 Å². The van der Waals surface area contributed by atoms with Crippen LogP contribution < -0.4 is 15.6 Å². The molecule has 0 aliphatic rings. The summed E-state index contributed by atoms with van der Waals surface area (Å²) >= 11 is 6.00. The van der Waals surface area contributed by atoms with Crippen molar-refractivity contribution in [1.29, 1.82) is 0 Å². The largest absolute Gasteiger partial charge is 0.378 e. The van der Waals surface area contributed by atoms with E-state index in [0.29, 0.717) is 10.7 Å². The second kappa shape index (κ2) is 8.19. The highest BCUT2D eigenvalue weighted by Crippen LogP contribution is 2.19. The van der Waals surface area contributed by atoms with Crippen LogP contribution in [0.5, 0.6) is 0 Å². The Morgan fingerprint density at radius 2 is 1.87 bits per heavy atom. The van der Waals surface area contributed by atoms with E-state index in [2.05, 4.69) is 15.8 Å². The summed E-state index contributed by atoms with van der Waals surface area (Å²) in [6.07, 6.45) is 1.60. The fourth-order valence-electron chi connectivity index (χ4n) is 1.86. The number of carbonyl (C=O) groups excluding carboxylic acids is 1. The Labute approximate surface area is 141 Å². The van der Waals surface area contributed by atoms with E-state index < -0.39 is 0 Å². The van der Waals surface area contributed by atoms with Crippen molar-refractivity contribution in [3.05, 3.63) is 59.1 Å². The molecular weight excluding hydrogens is 312 g/mol. The molecule has 23 heavy (non-hydrogen) atoms. The number of anilines is 2. The number of amides is 1. The number of hydrogen-bond donors (Lipinski definition) is 2. The molecule has 0 aliphatic heterocycles. The van der Waals surface area contributed by atoms with Crippen LogP contribution in [-0.4, -0.2) is 32.8 Å². The highest BCUT2D eigenvalue weighted by atomic mass is 35.5. The van der Waals surface area contributed by atoms with Gasteiger partial charge in [0.05, 0.1) is 23.5 Å². The average Bonchev–Trinajstić information content (AvgIpc) is 2.54. The van der Waals surface area contributed by atoms with Gasteiger partial charge in [-0.2, -0.15) is 5.10 Å².